The predicted molar refractivity (Wildman–Crippen MR) is 89.7 cm³/mol. The van der Waals surface area contributed by atoms with E-state index in [9.17, 15) is 8.42 Å². The predicted octanol–water partition coefficient (Wildman–Crippen LogP) is 2.74. The van der Waals surface area contributed by atoms with Crippen LogP contribution in [0.15, 0.2) is 28.7 Å². The average Bonchev–Trinajstić information content (AvgIpc) is 2.47. The van der Waals surface area contributed by atoms with Gasteiger partial charge >= 0.3 is 0 Å². The minimum atomic E-state index is -3.03. The first kappa shape index (κ1) is 16.9. The summed E-state index contributed by atoms with van der Waals surface area (Å²) >= 11 is 3.43. The Morgan fingerprint density at radius 3 is 2.43 bits per heavy atom. The van der Waals surface area contributed by atoms with Gasteiger partial charge in [0.2, 0.25) is 10.0 Å². The Hall–Kier alpha value is -0.430. The van der Waals surface area contributed by atoms with Crippen LogP contribution < -0.4 is 5.32 Å². The molecular weight excluding hydrogens is 352 g/mol. The van der Waals surface area contributed by atoms with Crippen molar-refractivity contribution >= 4 is 26.0 Å². The van der Waals surface area contributed by atoms with Crippen LogP contribution in [0.4, 0.5) is 0 Å². The molecule has 118 valence electrons. The first-order valence-electron chi connectivity index (χ1n) is 7.47. The molecule has 2 rings (SSSR count). The Labute approximate surface area is 136 Å². The van der Waals surface area contributed by atoms with Crippen LogP contribution in [0, 0.1) is 0 Å². The molecule has 1 aromatic rings. The summed E-state index contributed by atoms with van der Waals surface area (Å²) in [5.74, 6) is 0.268. The third-order valence-electron chi connectivity index (χ3n) is 3.82. The highest BCUT2D eigenvalue weighted by Gasteiger charge is 2.26. The minimum Gasteiger partial charge on any atom is -0.310 e. The van der Waals surface area contributed by atoms with Gasteiger partial charge in [-0.05, 0) is 37.0 Å². The lowest BCUT2D eigenvalue weighted by atomic mass is 10.1. The van der Waals surface area contributed by atoms with Gasteiger partial charge in [0.1, 0.15) is 0 Å². The second kappa shape index (κ2) is 7.72. The van der Waals surface area contributed by atoms with E-state index in [0.29, 0.717) is 25.6 Å². The lowest BCUT2D eigenvalue weighted by molar-refractivity contribution is 0.288. The molecule has 0 aliphatic carbocycles. The van der Waals surface area contributed by atoms with Crippen molar-refractivity contribution in [3.05, 3.63) is 34.3 Å². The van der Waals surface area contributed by atoms with Crippen molar-refractivity contribution in [1.29, 1.82) is 0 Å². The molecule has 0 atom stereocenters. The van der Waals surface area contributed by atoms with Crippen molar-refractivity contribution < 1.29 is 8.42 Å². The Kier molecular flexibility index (Phi) is 6.22. The van der Waals surface area contributed by atoms with E-state index in [2.05, 4.69) is 33.4 Å². The van der Waals surface area contributed by atoms with Crippen molar-refractivity contribution in [2.24, 2.45) is 0 Å². The number of rotatable bonds is 6. The molecule has 0 saturated carbocycles. The Bertz CT molecular complexity index is 537. The van der Waals surface area contributed by atoms with Crippen LogP contribution in [0.1, 0.15) is 31.7 Å². The molecule has 0 aromatic heterocycles. The van der Waals surface area contributed by atoms with Crippen LogP contribution in [-0.2, 0) is 16.6 Å². The summed E-state index contributed by atoms with van der Waals surface area (Å²) in [4.78, 5) is 0. The number of nitrogens with zero attached hydrogens (tertiary/aromatic N) is 1. The van der Waals surface area contributed by atoms with Gasteiger partial charge in [0, 0.05) is 30.1 Å². The van der Waals surface area contributed by atoms with E-state index in [0.717, 1.165) is 23.9 Å². The standard InChI is InChI=1S/C15H23BrN2O2S/c1-2-11-21(19,20)18-9-7-15(8-10-18)17-12-13-3-5-14(16)6-4-13/h3-6,15,17H,2,7-12H2,1H3. The van der Waals surface area contributed by atoms with Gasteiger partial charge < -0.3 is 5.32 Å². The number of nitrogens with one attached hydrogen (secondary N) is 1. The summed E-state index contributed by atoms with van der Waals surface area (Å²) in [5.41, 5.74) is 1.25. The molecule has 1 aromatic carbocycles. The number of piperidine rings is 1. The quantitative estimate of drug-likeness (QED) is 0.832. The fraction of sp³-hybridized carbons (Fsp3) is 0.600. The zero-order valence-corrected chi connectivity index (χ0v) is 14.8. The maximum Gasteiger partial charge on any atom is 0.214 e. The summed E-state index contributed by atoms with van der Waals surface area (Å²) in [6.45, 7) is 4.02. The molecule has 1 N–H and O–H groups in total. The molecule has 0 bridgehead atoms. The van der Waals surface area contributed by atoms with Crippen LogP contribution in [-0.4, -0.2) is 37.6 Å². The molecule has 0 unspecified atom stereocenters. The number of halogens is 1. The fourth-order valence-electron chi connectivity index (χ4n) is 2.59. The summed E-state index contributed by atoms with van der Waals surface area (Å²) in [5, 5.41) is 3.52. The molecule has 1 fully saturated rings. The Balaban J connectivity index is 1.78. The first-order chi connectivity index (χ1) is 10.0. The Morgan fingerprint density at radius 1 is 1.24 bits per heavy atom. The number of hydrogen-bond donors (Lipinski definition) is 1. The van der Waals surface area contributed by atoms with E-state index in [1.165, 1.54) is 5.56 Å². The van der Waals surface area contributed by atoms with Crippen LogP contribution in [0.3, 0.4) is 0 Å². The van der Waals surface area contributed by atoms with Gasteiger partial charge in [-0.2, -0.15) is 0 Å². The number of sulfonamides is 1. The first-order valence-corrected chi connectivity index (χ1v) is 9.87. The highest BCUT2D eigenvalue weighted by molar-refractivity contribution is 9.10. The van der Waals surface area contributed by atoms with Crippen LogP contribution in [0.25, 0.3) is 0 Å². The smallest absolute Gasteiger partial charge is 0.214 e. The lowest BCUT2D eigenvalue weighted by Gasteiger charge is -2.31. The van der Waals surface area contributed by atoms with Gasteiger partial charge in [0.15, 0.2) is 0 Å². The maximum absolute atomic E-state index is 12.0. The monoisotopic (exact) mass is 374 g/mol. The van der Waals surface area contributed by atoms with Crippen molar-refractivity contribution in [3.8, 4) is 0 Å². The summed E-state index contributed by atoms with van der Waals surface area (Å²) < 4.78 is 26.7. The van der Waals surface area contributed by atoms with E-state index >= 15 is 0 Å². The van der Waals surface area contributed by atoms with Crippen molar-refractivity contribution in [2.75, 3.05) is 18.8 Å². The normalized spacial score (nSPS) is 18.0. The van der Waals surface area contributed by atoms with E-state index in [1.54, 1.807) is 4.31 Å². The second-order valence-corrected chi connectivity index (χ2v) is 8.50. The second-order valence-electron chi connectivity index (χ2n) is 5.50. The maximum atomic E-state index is 12.0. The van der Waals surface area contributed by atoms with Crippen LogP contribution in [0.5, 0.6) is 0 Å². The lowest BCUT2D eigenvalue weighted by Crippen LogP contribution is -2.45. The molecule has 0 amide bonds. The van der Waals surface area contributed by atoms with Gasteiger partial charge in [-0.25, -0.2) is 12.7 Å². The zero-order valence-electron chi connectivity index (χ0n) is 12.4. The fourth-order valence-corrected chi connectivity index (χ4v) is 4.40. The van der Waals surface area contributed by atoms with Crippen molar-refractivity contribution in [1.82, 2.24) is 9.62 Å². The molecule has 1 aliphatic rings. The SMILES string of the molecule is CCCS(=O)(=O)N1CCC(NCc2ccc(Br)cc2)CC1. The van der Waals surface area contributed by atoms with Crippen molar-refractivity contribution in [3.63, 3.8) is 0 Å². The average molecular weight is 375 g/mol. The molecule has 6 heteroatoms. The van der Waals surface area contributed by atoms with E-state index in [1.807, 2.05) is 19.1 Å². The molecule has 0 radical (unpaired) electrons. The molecule has 1 aliphatic heterocycles. The van der Waals surface area contributed by atoms with Gasteiger partial charge in [0.05, 0.1) is 5.75 Å². The van der Waals surface area contributed by atoms with Crippen LogP contribution in [0.2, 0.25) is 0 Å². The van der Waals surface area contributed by atoms with Gasteiger partial charge in [-0.15, -0.1) is 0 Å². The number of hydrogen-bond acceptors (Lipinski definition) is 3. The number of benzene rings is 1. The van der Waals surface area contributed by atoms with Crippen LogP contribution >= 0.6 is 15.9 Å². The van der Waals surface area contributed by atoms with Gasteiger partial charge in [-0.1, -0.05) is 35.0 Å². The van der Waals surface area contributed by atoms with E-state index < -0.39 is 10.0 Å². The highest BCUT2D eigenvalue weighted by atomic mass is 79.9. The molecule has 0 spiro atoms. The van der Waals surface area contributed by atoms with E-state index in [-0.39, 0.29) is 5.75 Å². The molecule has 1 saturated heterocycles. The third-order valence-corrected chi connectivity index (χ3v) is 6.42. The highest BCUT2D eigenvalue weighted by Crippen LogP contribution is 2.16. The third kappa shape index (κ3) is 5.06. The molecule has 4 nitrogen and oxygen atoms in total. The van der Waals surface area contributed by atoms with Gasteiger partial charge in [-0.3, -0.25) is 0 Å². The summed E-state index contributed by atoms with van der Waals surface area (Å²) in [7, 11) is -3.03. The summed E-state index contributed by atoms with van der Waals surface area (Å²) in [6, 6.07) is 8.67. The summed E-state index contributed by atoms with van der Waals surface area (Å²) in [6.07, 6.45) is 2.46. The zero-order chi connectivity index (χ0) is 15.3. The minimum absolute atomic E-state index is 0.268. The topological polar surface area (TPSA) is 49.4 Å². The van der Waals surface area contributed by atoms with Crippen molar-refractivity contribution in [2.45, 2.75) is 38.8 Å². The Morgan fingerprint density at radius 2 is 1.86 bits per heavy atom. The molecular formula is C15H23BrN2O2S. The molecule has 21 heavy (non-hydrogen) atoms. The van der Waals surface area contributed by atoms with Gasteiger partial charge in [0.25, 0.3) is 0 Å². The largest absolute Gasteiger partial charge is 0.310 e. The van der Waals surface area contributed by atoms with E-state index in [4.69, 9.17) is 0 Å². The molecule has 1 heterocycles.